The quantitative estimate of drug-likeness (QED) is 0.481. The van der Waals surface area contributed by atoms with Crippen LogP contribution in [0.1, 0.15) is 0 Å². The Hall–Kier alpha value is -1.31. The molecule has 0 aliphatic heterocycles. The third kappa shape index (κ3) is 4.17. The monoisotopic (exact) mass is 274 g/mol. The Bertz CT molecular complexity index is 488. The molecule has 0 bridgehead atoms. The smallest absolute Gasteiger partial charge is 0.177 e. The summed E-state index contributed by atoms with van der Waals surface area (Å²) < 4.78 is 28.0. The molecule has 0 radical (unpaired) electrons. The lowest BCUT2D eigenvalue weighted by atomic mass is 10.2. The number of ether oxygens (including phenoxy) is 1. The van der Waals surface area contributed by atoms with E-state index in [2.05, 4.69) is 5.32 Å². The van der Waals surface area contributed by atoms with Crippen LogP contribution in [0, 0.1) is 0 Å². The Morgan fingerprint density at radius 3 is 2.72 bits per heavy atom. The van der Waals surface area contributed by atoms with Crippen molar-refractivity contribution in [1.29, 1.82) is 0 Å². The van der Waals surface area contributed by atoms with E-state index in [0.29, 0.717) is 18.8 Å². The van der Waals surface area contributed by atoms with E-state index in [1.54, 1.807) is 12.1 Å². The number of aliphatic hydroxyl groups excluding tert-OH is 1. The van der Waals surface area contributed by atoms with Gasteiger partial charge in [-0.05, 0) is 12.1 Å². The Labute approximate surface area is 107 Å². The van der Waals surface area contributed by atoms with E-state index in [1.807, 2.05) is 0 Å². The first-order chi connectivity index (χ1) is 8.46. The Morgan fingerprint density at radius 1 is 1.39 bits per heavy atom. The van der Waals surface area contributed by atoms with Gasteiger partial charge in [0.1, 0.15) is 0 Å². The number of rotatable bonds is 7. The van der Waals surface area contributed by atoms with Crippen molar-refractivity contribution in [3.63, 3.8) is 0 Å². The summed E-state index contributed by atoms with van der Waals surface area (Å²) in [6.45, 7) is 1.15. The zero-order valence-corrected chi connectivity index (χ0v) is 11.0. The molecule has 0 saturated carbocycles. The third-order valence-electron chi connectivity index (χ3n) is 2.26. The van der Waals surface area contributed by atoms with Gasteiger partial charge in [0.2, 0.25) is 0 Å². The van der Waals surface area contributed by atoms with Gasteiger partial charge >= 0.3 is 0 Å². The summed E-state index contributed by atoms with van der Waals surface area (Å²) in [5, 5.41) is 11.5. The number of nitrogen functional groups attached to an aromatic ring is 1. The fraction of sp³-hybridized carbons (Fsp3) is 0.455. The largest absolute Gasteiger partial charge is 0.396 e. The van der Waals surface area contributed by atoms with Gasteiger partial charge < -0.3 is 20.9 Å². The van der Waals surface area contributed by atoms with Crippen molar-refractivity contribution in [3.8, 4) is 0 Å². The van der Waals surface area contributed by atoms with Crippen molar-refractivity contribution < 1.29 is 18.3 Å². The van der Waals surface area contributed by atoms with Crippen molar-refractivity contribution in [2.75, 3.05) is 43.7 Å². The van der Waals surface area contributed by atoms with Crippen molar-refractivity contribution in [2.24, 2.45) is 0 Å². The summed E-state index contributed by atoms with van der Waals surface area (Å²) in [4.78, 5) is 0.115. The van der Waals surface area contributed by atoms with Crippen LogP contribution in [-0.4, -0.2) is 46.1 Å². The van der Waals surface area contributed by atoms with Gasteiger partial charge in [0.15, 0.2) is 9.84 Å². The summed E-state index contributed by atoms with van der Waals surface area (Å²) in [6.07, 6.45) is 1.12. The number of hydrogen-bond acceptors (Lipinski definition) is 6. The summed E-state index contributed by atoms with van der Waals surface area (Å²) in [5.41, 5.74) is 6.56. The van der Waals surface area contributed by atoms with Gasteiger partial charge in [-0.25, -0.2) is 8.42 Å². The van der Waals surface area contributed by atoms with Crippen LogP contribution in [0.3, 0.4) is 0 Å². The standard InChI is InChI=1S/C11H18N2O4S/c1-18(15,16)10-4-2-3-9(11(10)12)13-5-7-17-8-6-14/h2-4,13-14H,5-8,12H2,1H3. The van der Waals surface area contributed by atoms with Crippen molar-refractivity contribution in [1.82, 2.24) is 0 Å². The van der Waals surface area contributed by atoms with Gasteiger partial charge in [0, 0.05) is 12.8 Å². The molecule has 102 valence electrons. The fourth-order valence-electron chi connectivity index (χ4n) is 1.45. The van der Waals surface area contributed by atoms with E-state index >= 15 is 0 Å². The second kappa shape index (κ2) is 6.58. The highest BCUT2D eigenvalue weighted by atomic mass is 32.2. The average Bonchev–Trinajstić information content (AvgIpc) is 2.29. The summed E-state index contributed by atoms with van der Waals surface area (Å²) in [7, 11) is -3.32. The maximum atomic E-state index is 11.5. The summed E-state index contributed by atoms with van der Waals surface area (Å²) in [6, 6.07) is 4.80. The molecule has 0 saturated heterocycles. The number of sulfone groups is 1. The second-order valence-corrected chi connectivity index (χ2v) is 5.74. The van der Waals surface area contributed by atoms with Crippen LogP contribution < -0.4 is 11.1 Å². The first-order valence-corrected chi connectivity index (χ1v) is 7.37. The van der Waals surface area contributed by atoms with Gasteiger partial charge in [-0.3, -0.25) is 0 Å². The lowest BCUT2D eigenvalue weighted by Gasteiger charge is -2.12. The zero-order chi connectivity index (χ0) is 13.6. The van der Waals surface area contributed by atoms with Gasteiger partial charge in [-0.2, -0.15) is 0 Å². The number of nitrogens with two attached hydrogens (primary N) is 1. The van der Waals surface area contributed by atoms with Crippen molar-refractivity contribution in [2.45, 2.75) is 4.90 Å². The average molecular weight is 274 g/mol. The topological polar surface area (TPSA) is 102 Å². The third-order valence-corrected chi connectivity index (χ3v) is 3.42. The van der Waals surface area contributed by atoms with Gasteiger partial charge in [-0.1, -0.05) is 6.07 Å². The van der Waals surface area contributed by atoms with Crippen molar-refractivity contribution in [3.05, 3.63) is 18.2 Å². The van der Waals surface area contributed by atoms with Crippen LogP contribution in [0.2, 0.25) is 0 Å². The molecule has 1 rings (SSSR count). The molecular weight excluding hydrogens is 256 g/mol. The van der Waals surface area contributed by atoms with E-state index in [-0.39, 0.29) is 23.8 Å². The molecular formula is C11H18N2O4S. The molecule has 0 fully saturated rings. The molecule has 0 unspecified atom stereocenters. The number of aliphatic hydroxyl groups is 1. The van der Waals surface area contributed by atoms with Crippen LogP contribution in [0.15, 0.2) is 23.1 Å². The highest BCUT2D eigenvalue weighted by Gasteiger charge is 2.13. The lowest BCUT2D eigenvalue weighted by molar-refractivity contribution is 0.0992. The molecule has 0 heterocycles. The molecule has 0 aliphatic rings. The minimum Gasteiger partial charge on any atom is -0.396 e. The molecule has 0 aromatic heterocycles. The van der Waals surface area contributed by atoms with Crippen LogP contribution in [0.5, 0.6) is 0 Å². The van der Waals surface area contributed by atoms with Crippen LogP contribution in [-0.2, 0) is 14.6 Å². The Kier molecular flexibility index (Phi) is 5.39. The number of nitrogens with one attached hydrogen (secondary N) is 1. The van der Waals surface area contributed by atoms with E-state index in [1.165, 1.54) is 6.07 Å². The highest BCUT2D eigenvalue weighted by molar-refractivity contribution is 7.90. The first kappa shape index (κ1) is 14.7. The summed E-state index contributed by atoms with van der Waals surface area (Å²) >= 11 is 0. The molecule has 0 atom stereocenters. The highest BCUT2D eigenvalue weighted by Crippen LogP contribution is 2.26. The van der Waals surface area contributed by atoms with E-state index in [9.17, 15) is 8.42 Å². The molecule has 0 aliphatic carbocycles. The molecule has 18 heavy (non-hydrogen) atoms. The molecule has 4 N–H and O–H groups in total. The maximum absolute atomic E-state index is 11.5. The van der Waals surface area contributed by atoms with E-state index < -0.39 is 9.84 Å². The molecule has 6 nitrogen and oxygen atoms in total. The molecule has 1 aromatic carbocycles. The van der Waals surface area contributed by atoms with Crippen LogP contribution >= 0.6 is 0 Å². The second-order valence-electron chi connectivity index (χ2n) is 3.75. The van der Waals surface area contributed by atoms with Crippen molar-refractivity contribution >= 4 is 21.2 Å². The first-order valence-electron chi connectivity index (χ1n) is 5.48. The predicted molar refractivity (Wildman–Crippen MR) is 70.4 cm³/mol. The Morgan fingerprint density at radius 2 is 2.11 bits per heavy atom. The lowest BCUT2D eigenvalue weighted by Crippen LogP contribution is -2.13. The summed E-state index contributed by atoms with van der Waals surface area (Å²) in [5.74, 6) is 0. The number of para-hydroxylation sites is 1. The van der Waals surface area contributed by atoms with Crippen LogP contribution in [0.25, 0.3) is 0 Å². The minimum absolute atomic E-state index is 0.0221. The predicted octanol–water partition coefficient (Wildman–Crippen LogP) is 0.0931. The maximum Gasteiger partial charge on any atom is 0.177 e. The SMILES string of the molecule is CS(=O)(=O)c1cccc(NCCOCCO)c1N. The van der Waals surface area contributed by atoms with Gasteiger partial charge in [-0.15, -0.1) is 0 Å². The molecule has 0 spiro atoms. The normalized spacial score (nSPS) is 11.4. The minimum atomic E-state index is -3.32. The number of hydrogen-bond donors (Lipinski definition) is 3. The molecule has 0 amide bonds. The zero-order valence-electron chi connectivity index (χ0n) is 10.2. The van der Waals surface area contributed by atoms with E-state index in [4.69, 9.17) is 15.6 Å². The number of anilines is 2. The molecule has 7 heteroatoms. The fourth-order valence-corrected chi connectivity index (χ4v) is 2.28. The molecule has 1 aromatic rings. The van der Waals surface area contributed by atoms with Gasteiger partial charge in [0.05, 0.1) is 36.1 Å². The van der Waals surface area contributed by atoms with Gasteiger partial charge in [0.25, 0.3) is 0 Å². The number of benzene rings is 1. The van der Waals surface area contributed by atoms with E-state index in [0.717, 1.165) is 6.26 Å². The Balaban J connectivity index is 2.67. The van der Waals surface area contributed by atoms with Crippen LogP contribution in [0.4, 0.5) is 11.4 Å².